The van der Waals surface area contributed by atoms with Crippen molar-refractivity contribution in [3.05, 3.63) is 0 Å². The molecule has 11 heavy (non-hydrogen) atoms. The Labute approximate surface area is 74.6 Å². The quantitative estimate of drug-likeness (QED) is 0.527. The minimum Gasteiger partial charge on any atom is -0.391 e. The fraction of sp³-hybridized carbons (Fsp3) is 1.00. The molecule has 1 saturated heterocycles. The van der Waals surface area contributed by atoms with E-state index in [0.29, 0.717) is 0 Å². The zero-order chi connectivity index (χ0) is 7.56. The molecule has 1 rings (SSSR count). The summed E-state index contributed by atoms with van der Waals surface area (Å²) in [4.78, 5) is 0. The van der Waals surface area contributed by atoms with Gasteiger partial charge in [-0.15, -0.1) is 0 Å². The topological polar surface area (TPSA) is 82.1 Å². The van der Waals surface area contributed by atoms with E-state index in [-0.39, 0.29) is 17.1 Å². The largest absolute Gasteiger partial charge is 0.391 e. The molecule has 1 aliphatic rings. The second-order valence-electron chi connectivity index (χ2n) is 1.45. The third-order valence-electron chi connectivity index (χ3n) is 0.771. The average molecular weight is 252 g/mol. The first-order valence-corrected chi connectivity index (χ1v) is 4.87. The summed E-state index contributed by atoms with van der Waals surface area (Å²) < 4.78 is 33.8. The van der Waals surface area contributed by atoms with Crippen LogP contribution in [0.3, 0.4) is 0 Å². The van der Waals surface area contributed by atoms with Gasteiger partial charge in [-0.05, 0) is 0 Å². The van der Waals surface area contributed by atoms with Crippen LogP contribution in [-0.2, 0) is 39.6 Å². The summed E-state index contributed by atoms with van der Waals surface area (Å²) in [7, 11) is -5.41. The molecule has 1 heterocycles. The zero-order valence-corrected chi connectivity index (χ0v) is 8.02. The SMILES string of the molecule is O=[PH]1OC(CO)O[PH](=O)O1.[Cu]. The van der Waals surface area contributed by atoms with Crippen LogP contribution < -0.4 is 0 Å². The van der Waals surface area contributed by atoms with Crippen LogP contribution in [0.2, 0.25) is 0 Å². The average Bonchev–Trinajstić information content (AvgIpc) is 1.85. The van der Waals surface area contributed by atoms with E-state index in [4.69, 9.17) is 5.11 Å². The molecule has 2 atom stereocenters. The maximum atomic E-state index is 10.4. The van der Waals surface area contributed by atoms with E-state index >= 15 is 0 Å². The summed E-state index contributed by atoms with van der Waals surface area (Å²) in [6, 6.07) is 0. The molecule has 1 radical (unpaired) electrons. The molecule has 0 aliphatic carbocycles. The van der Waals surface area contributed by atoms with E-state index in [9.17, 15) is 9.13 Å². The molecule has 1 fully saturated rings. The minimum atomic E-state index is -2.70. The van der Waals surface area contributed by atoms with Gasteiger partial charge in [0.25, 0.3) is 0 Å². The first-order chi connectivity index (χ1) is 4.72. The van der Waals surface area contributed by atoms with E-state index in [2.05, 4.69) is 13.4 Å². The van der Waals surface area contributed by atoms with E-state index < -0.39 is 29.4 Å². The standard InChI is InChI=1S/C2H6O6P2.Cu/c3-1-2-6-9(4)8-10(5)7-2;/h2-3,9-10H,1H2;. The molecule has 0 amide bonds. The van der Waals surface area contributed by atoms with Crippen LogP contribution >= 0.6 is 16.5 Å². The number of hydrogen-bond acceptors (Lipinski definition) is 6. The Bertz CT molecular complexity index is 156. The monoisotopic (exact) mass is 251 g/mol. The van der Waals surface area contributed by atoms with Gasteiger partial charge in [0, 0.05) is 17.1 Å². The summed E-state index contributed by atoms with van der Waals surface area (Å²) >= 11 is 0. The van der Waals surface area contributed by atoms with Gasteiger partial charge < -0.3 is 5.11 Å². The van der Waals surface area contributed by atoms with Crippen LogP contribution in [0.25, 0.3) is 0 Å². The van der Waals surface area contributed by atoms with Gasteiger partial charge in [-0.1, -0.05) is 0 Å². The Kier molecular flexibility index (Phi) is 5.87. The van der Waals surface area contributed by atoms with Crippen molar-refractivity contribution in [2.45, 2.75) is 6.29 Å². The van der Waals surface area contributed by atoms with Crippen LogP contribution in [0.4, 0.5) is 0 Å². The van der Waals surface area contributed by atoms with Crippen molar-refractivity contribution in [1.82, 2.24) is 0 Å². The van der Waals surface area contributed by atoms with Crippen molar-refractivity contribution >= 4 is 16.5 Å². The molecular formula is C2H6CuO6P2. The van der Waals surface area contributed by atoms with Gasteiger partial charge in [-0.3, -0.25) is 18.2 Å². The third kappa shape index (κ3) is 3.83. The number of hydrogen-bond donors (Lipinski definition) is 1. The Morgan fingerprint density at radius 2 is 1.73 bits per heavy atom. The fourth-order valence-corrected chi connectivity index (χ4v) is 2.13. The Morgan fingerprint density at radius 3 is 2.09 bits per heavy atom. The molecule has 1 N–H and O–H groups in total. The van der Waals surface area contributed by atoms with Gasteiger partial charge in [0.2, 0.25) is 0 Å². The first kappa shape index (κ1) is 11.8. The van der Waals surface area contributed by atoms with Crippen molar-refractivity contribution in [3.63, 3.8) is 0 Å². The van der Waals surface area contributed by atoms with Crippen LogP contribution in [0.1, 0.15) is 0 Å². The number of aliphatic hydroxyl groups is 1. The van der Waals surface area contributed by atoms with Gasteiger partial charge in [0.05, 0.1) is 6.61 Å². The summed E-state index contributed by atoms with van der Waals surface area (Å²) in [5, 5.41) is 8.38. The van der Waals surface area contributed by atoms with Crippen molar-refractivity contribution in [1.29, 1.82) is 0 Å². The molecule has 0 bridgehead atoms. The van der Waals surface area contributed by atoms with Crippen molar-refractivity contribution in [2.24, 2.45) is 0 Å². The summed E-state index contributed by atoms with van der Waals surface area (Å²) in [5.41, 5.74) is 0. The first-order valence-electron chi connectivity index (χ1n) is 2.42. The maximum absolute atomic E-state index is 10.4. The van der Waals surface area contributed by atoms with E-state index in [1.165, 1.54) is 0 Å². The van der Waals surface area contributed by atoms with Crippen LogP contribution in [0.5, 0.6) is 0 Å². The Morgan fingerprint density at radius 1 is 1.27 bits per heavy atom. The van der Waals surface area contributed by atoms with Gasteiger partial charge in [-0.2, -0.15) is 0 Å². The second-order valence-corrected chi connectivity index (χ2v) is 3.74. The molecule has 0 saturated carbocycles. The fourth-order valence-electron chi connectivity index (χ4n) is 0.429. The second kappa shape index (κ2) is 5.46. The summed E-state index contributed by atoms with van der Waals surface area (Å²) in [6.45, 7) is -0.476. The maximum Gasteiger partial charge on any atom is 0.328 e. The predicted octanol–water partition coefficient (Wildman–Crippen LogP) is 0.145. The smallest absolute Gasteiger partial charge is 0.328 e. The molecule has 2 unspecified atom stereocenters. The van der Waals surface area contributed by atoms with E-state index in [1.807, 2.05) is 0 Å². The molecular weight excluding hydrogens is 246 g/mol. The molecule has 0 aromatic rings. The van der Waals surface area contributed by atoms with Gasteiger partial charge in [0.1, 0.15) is 0 Å². The normalized spacial score (nSPS) is 37.7. The van der Waals surface area contributed by atoms with Crippen molar-refractivity contribution in [2.75, 3.05) is 6.61 Å². The van der Waals surface area contributed by atoms with E-state index in [0.717, 1.165) is 0 Å². The summed E-state index contributed by atoms with van der Waals surface area (Å²) in [5.74, 6) is 0. The number of aliphatic hydroxyl groups excluding tert-OH is 1. The van der Waals surface area contributed by atoms with Gasteiger partial charge in [0.15, 0.2) is 6.29 Å². The summed E-state index contributed by atoms with van der Waals surface area (Å²) in [6.07, 6.45) is -1.06. The van der Waals surface area contributed by atoms with Crippen molar-refractivity contribution < 1.29 is 44.7 Å². The van der Waals surface area contributed by atoms with Crippen LogP contribution in [0, 0.1) is 0 Å². The zero-order valence-electron chi connectivity index (χ0n) is 5.07. The van der Waals surface area contributed by atoms with Crippen LogP contribution in [0.15, 0.2) is 0 Å². The van der Waals surface area contributed by atoms with Crippen molar-refractivity contribution in [3.8, 4) is 0 Å². The third-order valence-corrected chi connectivity index (χ3v) is 3.02. The van der Waals surface area contributed by atoms with Crippen LogP contribution in [-0.4, -0.2) is 18.0 Å². The molecule has 9 heteroatoms. The Hall–Kier alpha value is 0.819. The minimum absolute atomic E-state index is 0. The predicted molar refractivity (Wildman–Crippen MR) is 32.1 cm³/mol. The Balaban J connectivity index is 0.000001000. The molecule has 6 nitrogen and oxygen atoms in total. The molecule has 71 valence electrons. The van der Waals surface area contributed by atoms with E-state index in [1.54, 1.807) is 0 Å². The van der Waals surface area contributed by atoms with Gasteiger partial charge in [-0.25, -0.2) is 4.31 Å². The molecule has 0 spiro atoms. The number of rotatable bonds is 1. The van der Waals surface area contributed by atoms with Gasteiger partial charge >= 0.3 is 16.5 Å². The molecule has 1 aliphatic heterocycles. The molecule has 0 aromatic carbocycles. The molecule has 0 aromatic heterocycles.